The Labute approximate surface area is 49.3 Å². The topological polar surface area (TPSA) is 12.0 Å². The van der Waals surface area contributed by atoms with Crippen LogP contribution in [0.1, 0.15) is 12.8 Å². The summed E-state index contributed by atoms with van der Waals surface area (Å²) in [6, 6.07) is 0.531. The first-order valence-corrected chi connectivity index (χ1v) is 2.94. The van der Waals surface area contributed by atoms with Crippen LogP contribution in [0.15, 0.2) is 12.2 Å². The maximum absolute atomic E-state index is 3.91. The van der Waals surface area contributed by atoms with Crippen LogP contribution < -0.4 is 4.72 Å². The molecule has 7 heavy (non-hydrogen) atoms. The first-order chi connectivity index (χ1) is 3.43. The van der Waals surface area contributed by atoms with Gasteiger partial charge in [0.15, 0.2) is 0 Å². The molecule has 0 aromatic heterocycles. The molecule has 0 aromatic rings. The first kappa shape index (κ1) is 5.19. The van der Waals surface area contributed by atoms with Crippen LogP contribution in [-0.2, 0) is 0 Å². The van der Waals surface area contributed by atoms with E-state index in [0.717, 1.165) is 0 Å². The summed E-state index contributed by atoms with van der Waals surface area (Å²) in [4.78, 5) is 0. The number of hydrogen-bond donors (Lipinski definition) is 2. The maximum Gasteiger partial charge on any atom is 0.0352 e. The first-order valence-electron chi connectivity index (χ1n) is 2.50. The normalized spacial score (nSPS) is 29.0. The second kappa shape index (κ2) is 2.38. The van der Waals surface area contributed by atoms with Crippen LogP contribution in [0.2, 0.25) is 0 Å². The summed E-state index contributed by atoms with van der Waals surface area (Å²) in [5.74, 6) is 0. The molecule has 0 aromatic carbocycles. The fourth-order valence-electron chi connectivity index (χ4n) is 0.740. The van der Waals surface area contributed by atoms with Gasteiger partial charge in [-0.15, -0.1) is 0 Å². The van der Waals surface area contributed by atoms with E-state index < -0.39 is 0 Å². The van der Waals surface area contributed by atoms with Gasteiger partial charge in [-0.2, -0.15) is 0 Å². The average Bonchev–Trinajstić information content (AvgIpc) is 2.14. The van der Waals surface area contributed by atoms with E-state index >= 15 is 0 Å². The van der Waals surface area contributed by atoms with Crippen LogP contribution in [0.3, 0.4) is 0 Å². The summed E-state index contributed by atoms with van der Waals surface area (Å²) >= 11 is 3.91. The molecule has 0 aliphatic heterocycles. The van der Waals surface area contributed by atoms with Gasteiger partial charge >= 0.3 is 0 Å². The lowest BCUT2D eigenvalue weighted by Gasteiger charge is -2.00. The molecule has 1 aliphatic carbocycles. The van der Waals surface area contributed by atoms with Gasteiger partial charge in [-0.05, 0) is 12.8 Å². The Morgan fingerprint density at radius 2 is 2.57 bits per heavy atom. The van der Waals surface area contributed by atoms with Gasteiger partial charge in [-0.25, -0.2) is 0 Å². The van der Waals surface area contributed by atoms with E-state index in [-0.39, 0.29) is 0 Å². The number of thiol groups is 1. The third-order valence-electron chi connectivity index (χ3n) is 1.18. The molecule has 0 amide bonds. The molecule has 0 fully saturated rings. The molecule has 0 bridgehead atoms. The zero-order valence-electron chi connectivity index (χ0n) is 4.09. The van der Waals surface area contributed by atoms with Crippen molar-refractivity contribution in [3.05, 3.63) is 12.2 Å². The molecular weight excluding hydrogens is 106 g/mol. The van der Waals surface area contributed by atoms with Crippen LogP contribution in [0.5, 0.6) is 0 Å². The lowest BCUT2D eigenvalue weighted by atomic mass is 10.3. The van der Waals surface area contributed by atoms with E-state index in [4.69, 9.17) is 0 Å². The Hall–Kier alpha value is 0.0500. The van der Waals surface area contributed by atoms with Gasteiger partial charge in [0.25, 0.3) is 0 Å². The molecule has 0 saturated carbocycles. The molecule has 1 rings (SSSR count). The summed E-state index contributed by atoms with van der Waals surface area (Å²) < 4.78 is 2.87. The molecule has 2 heteroatoms. The molecule has 0 saturated heterocycles. The van der Waals surface area contributed by atoms with Gasteiger partial charge in [0, 0.05) is 6.04 Å². The van der Waals surface area contributed by atoms with Crippen LogP contribution in [0.25, 0.3) is 0 Å². The van der Waals surface area contributed by atoms with Crippen molar-refractivity contribution in [2.45, 2.75) is 18.9 Å². The second-order valence-corrected chi connectivity index (χ2v) is 2.00. The highest BCUT2D eigenvalue weighted by Gasteiger charge is 2.03. The summed E-state index contributed by atoms with van der Waals surface area (Å²) in [5.41, 5.74) is 0. The Morgan fingerprint density at radius 1 is 1.71 bits per heavy atom. The van der Waals surface area contributed by atoms with E-state index in [2.05, 4.69) is 29.7 Å². The number of rotatable bonds is 1. The van der Waals surface area contributed by atoms with Crippen molar-refractivity contribution in [3.8, 4) is 0 Å². The summed E-state index contributed by atoms with van der Waals surface area (Å²) in [6.07, 6.45) is 6.74. The quantitative estimate of drug-likeness (QED) is 0.386. The highest BCUT2D eigenvalue weighted by molar-refractivity contribution is 7.78. The second-order valence-electron chi connectivity index (χ2n) is 1.74. The minimum atomic E-state index is 0.531. The Bertz CT molecular complexity index is 80.1. The molecule has 1 aliphatic rings. The third kappa shape index (κ3) is 1.21. The summed E-state index contributed by atoms with van der Waals surface area (Å²) in [7, 11) is 0. The Kier molecular flexibility index (Phi) is 1.77. The predicted molar refractivity (Wildman–Crippen MR) is 34.3 cm³/mol. The largest absolute Gasteiger partial charge is 0.260 e. The Balaban J connectivity index is 2.28. The molecule has 0 radical (unpaired) electrons. The lowest BCUT2D eigenvalue weighted by molar-refractivity contribution is 0.737. The smallest absolute Gasteiger partial charge is 0.0352 e. The standard InChI is InChI=1S/C5H9NS/c7-6-5-3-1-2-4-5/h1,3,5-7H,2,4H2. The summed E-state index contributed by atoms with van der Waals surface area (Å²) in [6.45, 7) is 0. The van der Waals surface area contributed by atoms with Crippen LogP contribution in [0, 0.1) is 0 Å². The van der Waals surface area contributed by atoms with Crippen molar-refractivity contribution in [1.29, 1.82) is 0 Å². The molecule has 40 valence electrons. The number of allylic oxidation sites excluding steroid dienone is 1. The minimum Gasteiger partial charge on any atom is -0.260 e. The van der Waals surface area contributed by atoms with Crippen molar-refractivity contribution in [2.75, 3.05) is 0 Å². The van der Waals surface area contributed by atoms with E-state index in [1.165, 1.54) is 12.8 Å². The number of hydrogen-bond acceptors (Lipinski definition) is 2. The molecule has 0 spiro atoms. The number of nitrogens with one attached hydrogen (secondary N) is 1. The van der Waals surface area contributed by atoms with E-state index in [1.807, 2.05) is 0 Å². The predicted octanol–water partition coefficient (Wildman–Crippen LogP) is 1.14. The van der Waals surface area contributed by atoms with Crippen molar-refractivity contribution >= 4 is 12.8 Å². The monoisotopic (exact) mass is 115 g/mol. The van der Waals surface area contributed by atoms with Crippen molar-refractivity contribution in [2.24, 2.45) is 0 Å². The van der Waals surface area contributed by atoms with Gasteiger partial charge in [-0.1, -0.05) is 25.0 Å². The summed E-state index contributed by atoms with van der Waals surface area (Å²) in [5, 5.41) is 0. The van der Waals surface area contributed by atoms with Gasteiger partial charge in [0.05, 0.1) is 0 Å². The molecule has 1 atom stereocenters. The third-order valence-corrected chi connectivity index (χ3v) is 1.51. The fourth-order valence-corrected chi connectivity index (χ4v) is 0.955. The fraction of sp³-hybridized carbons (Fsp3) is 0.600. The lowest BCUT2D eigenvalue weighted by Crippen LogP contribution is -2.13. The molecule has 1 nitrogen and oxygen atoms in total. The van der Waals surface area contributed by atoms with E-state index in [9.17, 15) is 0 Å². The van der Waals surface area contributed by atoms with Crippen molar-refractivity contribution in [1.82, 2.24) is 4.72 Å². The van der Waals surface area contributed by atoms with Crippen LogP contribution in [-0.4, -0.2) is 6.04 Å². The van der Waals surface area contributed by atoms with Crippen LogP contribution >= 0.6 is 12.8 Å². The zero-order valence-corrected chi connectivity index (χ0v) is 4.99. The van der Waals surface area contributed by atoms with Gasteiger partial charge in [0.2, 0.25) is 0 Å². The van der Waals surface area contributed by atoms with Crippen molar-refractivity contribution in [3.63, 3.8) is 0 Å². The zero-order chi connectivity index (χ0) is 5.11. The molecular formula is C5H9NS. The van der Waals surface area contributed by atoms with Crippen molar-refractivity contribution < 1.29 is 0 Å². The highest BCUT2D eigenvalue weighted by atomic mass is 32.1. The van der Waals surface area contributed by atoms with Crippen LogP contribution in [0.4, 0.5) is 0 Å². The molecule has 1 unspecified atom stereocenters. The van der Waals surface area contributed by atoms with Gasteiger partial charge in [0.1, 0.15) is 0 Å². The maximum atomic E-state index is 3.91. The van der Waals surface area contributed by atoms with E-state index in [0.29, 0.717) is 6.04 Å². The molecule has 1 N–H and O–H groups in total. The molecule has 0 heterocycles. The van der Waals surface area contributed by atoms with Gasteiger partial charge < -0.3 is 0 Å². The van der Waals surface area contributed by atoms with E-state index in [1.54, 1.807) is 0 Å². The Morgan fingerprint density at radius 3 is 2.86 bits per heavy atom. The average molecular weight is 115 g/mol. The minimum absolute atomic E-state index is 0.531. The van der Waals surface area contributed by atoms with Gasteiger partial charge in [-0.3, -0.25) is 4.72 Å². The SMILES string of the molecule is SNC1C=CCC1. The highest BCUT2D eigenvalue weighted by Crippen LogP contribution is 2.08.